The largest absolute Gasteiger partial charge is 0.368 e. The number of hydrazone groups is 1. The number of primary amides is 1. The van der Waals surface area contributed by atoms with Gasteiger partial charge in [-0.2, -0.15) is 5.10 Å². The van der Waals surface area contributed by atoms with E-state index in [1.807, 2.05) is 53.6 Å². The van der Waals surface area contributed by atoms with Crippen molar-refractivity contribution in [2.75, 3.05) is 55.7 Å². The minimum Gasteiger partial charge on any atom is -0.368 e. The van der Waals surface area contributed by atoms with E-state index >= 15 is 0 Å². The summed E-state index contributed by atoms with van der Waals surface area (Å²) in [7, 11) is 0. The number of piperidine rings is 1. The minimum atomic E-state index is -0.632. The molecule has 2 fully saturated rings. The third-order valence-electron chi connectivity index (χ3n) is 7.17. The fourth-order valence-corrected chi connectivity index (χ4v) is 5.33. The Labute approximate surface area is 206 Å². The molecule has 1 aromatic heterocycles. The monoisotopic (exact) mass is 475 g/mol. The lowest BCUT2D eigenvalue weighted by atomic mass is 9.96. The van der Waals surface area contributed by atoms with Crippen LogP contribution in [-0.4, -0.2) is 84.2 Å². The molecule has 2 amide bonds. The Morgan fingerprint density at radius 1 is 0.971 bits per heavy atom. The minimum absolute atomic E-state index is 0.0700. The van der Waals surface area contributed by atoms with Crippen molar-refractivity contribution in [3.05, 3.63) is 54.7 Å². The van der Waals surface area contributed by atoms with Crippen LogP contribution in [0.2, 0.25) is 0 Å². The predicted octanol–water partition coefficient (Wildman–Crippen LogP) is 1.56. The Morgan fingerprint density at radius 3 is 2.46 bits per heavy atom. The molecule has 3 aliphatic rings. The van der Waals surface area contributed by atoms with Crippen molar-refractivity contribution in [1.29, 1.82) is 0 Å². The standard InChI is InChI=1S/C26H33N7O2/c27-25(34)23-17-22(29-33(23)21-8-2-1-3-9-21)26(35)32-12-6-7-20(19-32)18-30-13-15-31(16-14-30)24-10-4-5-11-28-24/h1-5,8-11,20,23H,6-7,12-19H2,(H2,27,34). The van der Waals surface area contributed by atoms with Gasteiger partial charge in [0.05, 0.1) is 5.69 Å². The van der Waals surface area contributed by atoms with Crippen LogP contribution < -0.4 is 15.6 Å². The smallest absolute Gasteiger partial charge is 0.270 e. The average Bonchev–Trinajstić information content (AvgIpc) is 3.36. The number of carbonyl (C=O) groups is 2. The molecule has 3 aliphatic heterocycles. The highest BCUT2D eigenvalue weighted by molar-refractivity contribution is 6.40. The topological polar surface area (TPSA) is 98.4 Å². The van der Waals surface area contributed by atoms with Gasteiger partial charge < -0.3 is 15.5 Å². The first kappa shape index (κ1) is 23.3. The second kappa shape index (κ2) is 10.4. The number of pyridine rings is 1. The van der Waals surface area contributed by atoms with Gasteiger partial charge in [-0.3, -0.25) is 19.5 Å². The highest BCUT2D eigenvalue weighted by Gasteiger charge is 2.37. The Morgan fingerprint density at radius 2 is 1.74 bits per heavy atom. The molecule has 35 heavy (non-hydrogen) atoms. The van der Waals surface area contributed by atoms with E-state index in [-0.39, 0.29) is 12.3 Å². The number of hydrogen-bond acceptors (Lipinski definition) is 7. The first-order chi connectivity index (χ1) is 17.1. The zero-order valence-corrected chi connectivity index (χ0v) is 20.0. The first-order valence-electron chi connectivity index (χ1n) is 12.5. The Kier molecular flexibility index (Phi) is 6.94. The number of benzene rings is 1. The van der Waals surface area contributed by atoms with Crippen molar-refractivity contribution in [3.8, 4) is 0 Å². The molecule has 184 valence electrons. The van der Waals surface area contributed by atoms with E-state index in [4.69, 9.17) is 5.73 Å². The third kappa shape index (κ3) is 5.30. The molecule has 1 aromatic carbocycles. The van der Waals surface area contributed by atoms with Gasteiger partial charge in [0.2, 0.25) is 5.91 Å². The lowest BCUT2D eigenvalue weighted by Gasteiger charge is -2.39. The number of anilines is 2. The summed E-state index contributed by atoms with van der Waals surface area (Å²) >= 11 is 0. The molecule has 2 saturated heterocycles. The molecule has 2 atom stereocenters. The maximum atomic E-state index is 13.4. The molecule has 9 heteroatoms. The summed E-state index contributed by atoms with van der Waals surface area (Å²) in [5, 5.41) is 6.15. The molecule has 5 rings (SSSR count). The Hall–Kier alpha value is -3.46. The molecule has 0 bridgehead atoms. The van der Waals surface area contributed by atoms with Gasteiger partial charge in [-0.15, -0.1) is 0 Å². The van der Waals surface area contributed by atoms with Crippen LogP contribution in [0.1, 0.15) is 19.3 Å². The van der Waals surface area contributed by atoms with E-state index in [0.29, 0.717) is 11.6 Å². The summed E-state index contributed by atoms with van der Waals surface area (Å²) in [6.45, 7) is 6.38. The number of aromatic nitrogens is 1. The van der Waals surface area contributed by atoms with Gasteiger partial charge in [-0.05, 0) is 43.0 Å². The summed E-state index contributed by atoms with van der Waals surface area (Å²) in [6.07, 6.45) is 4.20. The van der Waals surface area contributed by atoms with Crippen LogP contribution in [0.3, 0.4) is 0 Å². The summed E-state index contributed by atoms with van der Waals surface area (Å²) < 4.78 is 0. The lowest BCUT2D eigenvalue weighted by molar-refractivity contribution is -0.126. The van der Waals surface area contributed by atoms with Crippen molar-refractivity contribution in [2.45, 2.75) is 25.3 Å². The van der Waals surface area contributed by atoms with Gasteiger partial charge in [0.1, 0.15) is 17.6 Å². The normalized spacial score (nSPS) is 23.3. The summed E-state index contributed by atoms with van der Waals surface area (Å²) in [6, 6.07) is 14.8. The van der Waals surface area contributed by atoms with E-state index in [1.54, 1.807) is 5.01 Å². The fourth-order valence-electron chi connectivity index (χ4n) is 5.33. The second-order valence-electron chi connectivity index (χ2n) is 9.58. The van der Waals surface area contributed by atoms with Crippen molar-refractivity contribution < 1.29 is 9.59 Å². The molecular formula is C26H33N7O2. The van der Waals surface area contributed by atoms with Crippen LogP contribution >= 0.6 is 0 Å². The molecule has 0 radical (unpaired) electrons. The van der Waals surface area contributed by atoms with E-state index in [9.17, 15) is 9.59 Å². The number of para-hydroxylation sites is 1. The van der Waals surface area contributed by atoms with Crippen LogP contribution in [0.25, 0.3) is 0 Å². The number of likely N-dealkylation sites (tertiary alicyclic amines) is 1. The van der Waals surface area contributed by atoms with Crippen molar-refractivity contribution in [1.82, 2.24) is 14.8 Å². The first-order valence-corrected chi connectivity index (χ1v) is 12.5. The molecular weight excluding hydrogens is 442 g/mol. The molecule has 0 aliphatic carbocycles. The van der Waals surface area contributed by atoms with Gasteiger partial charge in [0, 0.05) is 58.4 Å². The maximum Gasteiger partial charge on any atom is 0.270 e. The molecule has 2 aromatic rings. The molecule has 0 spiro atoms. The molecule has 9 nitrogen and oxygen atoms in total. The van der Waals surface area contributed by atoms with Gasteiger partial charge in [-0.1, -0.05) is 24.3 Å². The van der Waals surface area contributed by atoms with Crippen LogP contribution in [0.15, 0.2) is 59.8 Å². The molecule has 0 saturated carbocycles. The zero-order valence-electron chi connectivity index (χ0n) is 20.0. The molecule has 2 unspecified atom stereocenters. The Balaban J connectivity index is 1.18. The van der Waals surface area contributed by atoms with E-state index in [1.165, 1.54) is 0 Å². The number of nitrogens with two attached hydrogens (primary N) is 1. The van der Waals surface area contributed by atoms with Crippen LogP contribution in [0, 0.1) is 5.92 Å². The van der Waals surface area contributed by atoms with E-state index in [2.05, 4.69) is 26.0 Å². The SMILES string of the molecule is NC(=O)C1CC(C(=O)N2CCCC(CN3CCN(c4ccccn4)CC3)C2)=NN1c1ccccc1. The van der Waals surface area contributed by atoms with Crippen LogP contribution in [0.4, 0.5) is 11.5 Å². The van der Waals surface area contributed by atoms with E-state index in [0.717, 1.165) is 70.2 Å². The molecule has 2 N–H and O–H groups in total. The van der Waals surface area contributed by atoms with Gasteiger partial charge in [-0.25, -0.2) is 4.98 Å². The number of carbonyl (C=O) groups excluding carboxylic acids is 2. The highest BCUT2D eigenvalue weighted by Crippen LogP contribution is 2.26. The van der Waals surface area contributed by atoms with E-state index < -0.39 is 11.9 Å². The number of rotatable bonds is 6. The summed E-state index contributed by atoms with van der Waals surface area (Å²) in [5.74, 6) is 0.937. The van der Waals surface area contributed by atoms with Gasteiger partial charge >= 0.3 is 0 Å². The number of hydrogen-bond donors (Lipinski definition) is 1. The van der Waals surface area contributed by atoms with Crippen LogP contribution in [-0.2, 0) is 9.59 Å². The quantitative estimate of drug-likeness (QED) is 0.681. The summed E-state index contributed by atoms with van der Waals surface area (Å²) in [5.41, 5.74) is 6.83. The van der Waals surface area contributed by atoms with Gasteiger partial charge in [0.25, 0.3) is 5.91 Å². The maximum absolute atomic E-state index is 13.4. The fraction of sp³-hybridized carbons (Fsp3) is 0.462. The molecule has 4 heterocycles. The Bertz CT molecular complexity index is 1050. The van der Waals surface area contributed by atoms with Crippen LogP contribution in [0.5, 0.6) is 0 Å². The van der Waals surface area contributed by atoms with Crippen molar-refractivity contribution in [3.63, 3.8) is 0 Å². The predicted molar refractivity (Wildman–Crippen MR) is 136 cm³/mol. The zero-order chi connectivity index (χ0) is 24.2. The third-order valence-corrected chi connectivity index (χ3v) is 7.17. The highest BCUT2D eigenvalue weighted by atomic mass is 16.2. The number of piperazine rings is 1. The van der Waals surface area contributed by atoms with Crippen molar-refractivity contribution in [2.24, 2.45) is 16.8 Å². The number of nitrogens with zero attached hydrogens (tertiary/aromatic N) is 6. The van der Waals surface area contributed by atoms with Crippen molar-refractivity contribution >= 4 is 29.0 Å². The summed E-state index contributed by atoms with van der Waals surface area (Å²) in [4.78, 5) is 36.7. The second-order valence-corrected chi connectivity index (χ2v) is 9.58. The average molecular weight is 476 g/mol. The lowest BCUT2D eigenvalue weighted by Crippen LogP contribution is -2.51. The van der Waals surface area contributed by atoms with Gasteiger partial charge in [0.15, 0.2) is 0 Å². The number of amides is 2.